The summed E-state index contributed by atoms with van der Waals surface area (Å²) in [5.74, 6) is 0. The minimum Gasteiger partial charge on any atom is -0.0616 e. The molecule has 0 N–H and O–H groups in total. The highest BCUT2D eigenvalue weighted by Crippen LogP contribution is 2.44. The predicted octanol–water partition coefficient (Wildman–Crippen LogP) is 9.63. The Labute approximate surface area is 218 Å². The van der Waals surface area contributed by atoms with E-state index in [9.17, 15) is 1.37 Å². The molecule has 0 bridgehead atoms. The maximum atomic E-state index is 9.28. The molecular formula is C34H22. The zero-order valence-electron chi connectivity index (χ0n) is 31.6. The molecule has 0 amide bonds. The van der Waals surface area contributed by atoms with Crippen LogP contribution in [0.15, 0.2) is 133 Å². The van der Waals surface area contributed by atoms with E-state index in [0.717, 1.165) is 16.8 Å². The zero-order valence-corrected chi connectivity index (χ0v) is 17.6. The summed E-state index contributed by atoms with van der Waals surface area (Å²) in [7, 11) is 0. The second kappa shape index (κ2) is 7.57. The number of hydrogen-bond donors (Lipinski definition) is 0. The third-order valence-electron chi connectivity index (χ3n) is 5.96. The van der Waals surface area contributed by atoms with Crippen molar-refractivity contribution in [1.29, 1.82) is 0 Å². The van der Waals surface area contributed by atoms with Gasteiger partial charge in [-0.1, -0.05) is 121 Å². The maximum absolute atomic E-state index is 9.28. The molecule has 0 aromatic heterocycles. The summed E-state index contributed by atoms with van der Waals surface area (Å²) in [6.07, 6.45) is 0. The highest BCUT2D eigenvalue weighted by atomic mass is 14.2. The third-order valence-corrected chi connectivity index (χ3v) is 5.96. The van der Waals surface area contributed by atoms with Crippen molar-refractivity contribution in [3.63, 3.8) is 0 Å². The van der Waals surface area contributed by atoms with Crippen molar-refractivity contribution in [2.45, 2.75) is 0 Å². The first-order chi connectivity index (χ1) is 22.7. The number of hydrogen-bond acceptors (Lipinski definition) is 0. The molecule has 0 aliphatic carbocycles. The average molecular weight is 445 g/mol. The Balaban J connectivity index is 1.85. The van der Waals surface area contributed by atoms with Crippen molar-refractivity contribution in [2.24, 2.45) is 0 Å². The van der Waals surface area contributed by atoms with Gasteiger partial charge in [0, 0.05) is 0 Å². The molecule has 0 radical (unpaired) electrons. The molecule has 0 saturated heterocycles. The summed E-state index contributed by atoms with van der Waals surface area (Å²) in [6.45, 7) is 0. The smallest absolute Gasteiger partial charge is 0.0616 e. The molecule has 0 heteroatoms. The van der Waals surface area contributed by atoms with Gasteiger partial charge >= 0.3 is 0 Å². The van der Waals surface area contributed by atoms with Crippen LogP contribution in [0, 0.1) is 0 Å². The topological polar surface area (TPSA) is 0 Å². The van der Waals surface area contributed by atoms with Gasteiger partial charge in [-0.25, -0.2) is 0 Å². The van der Waals surface area contributed by atoms with E-state index < -0.39 is 72.0 Å². The largest absolute Gasteiger partial charge is 0.0636 e. The number of fused-ring (bicyclic) bond motifs is 4. The molecule has 0 spiro atoms. The summed E-state index contributed by atoms with van der Waals surface area (Å²) in [6, 6.07) is 6.05. The minimum absolute atomic E-state index is 0.0318. The molecule has 0 fully saturated rings. The van der Waals surface area contributed by atoms with Gasteiger partial charge in [-0.15, -0.1) is 0 Å². The molecule has 0 saturated carbocycles. The normalized spacial score (nSPS) is 17.3. The van der Waals surface area contributed by atoms with Crippen molar-refractivity contribution in [2.75, 3.05) is 0 Å². The van der Waals surface area contributed by atoms with Crippen molar-refractivity contribution in [3.05, 3.63) is 133 Å². The van der Waals surface area contributed by atoms with Crippen LogP contribution in [0.3, 0.4) is 0 Å². The minimum atomic E-state index is -0.666. The van der Waals surface area contributed by atoms with Crippen LogP contribution in [0.2, 0.25) is 0 Å². The SMILES string of the molecule is [2H]c1cc([2H])c2c(-c3c([2H])c([2H])c4c([2H])c([2H])c([2H])c([2H])c4c3[2H])c3c([2H])c([2H])c([2H])c([2H])c3c(-c3ccc4ccccc4c3)c2c1[2H]. The van der Waals surface area contributed by atoms with Crippen LogP contribution < -0.4 is 0 Å². The second-order valence-corrected chi connectivity index (χ2v) is 7.87. The lowest BCUT2D eigenvalue weighted by Gasteiger charge is -2.18. The lowest BCUT2D eigenvalue weighted by atomic mass is 9.85. The zero-order chi connectivity index (χ0) is 34.7. The second-order valence-electron chi connectivity index (χ2n) is 7.87. The standard InChI is InChI=1S/C34H22/c1-3-11-25-21-27(19-17-23(25)9-1)33-29-13-5-7-15-31(29)34(32-16-8-6-14-30(32)33)28-20-18-24-10-2-4-12-26(24)22-28/h1-22H/i1D,3D,5D,7D,8D,9D,11D,13D,14D,15D,16D,17D,19D,21D. The maximum Gasteiger partial charge on any atom is 0.0636 e. The first-order valence-corrected chi connectivity index (χ1v) is 10.6. The third kappa shape index (κ3) is 2.93. The highest BCUT2D eigenvalue weighted by molar-refractivity contribution is 6.22. The van der Waals surface area contributed by atoms with Gasteiger partial charge in [-0.05, 0) is 77.5 Å². The van der Waals surface area contributed by atoms with Crippen molar-refractivity contribution in [3.8, 4) is 22.3 Å². The average Bonchev–Trinajstić information content (AvgIpc) is 3.07. The fourth-order valence-electron chi connectivity index (χ4n) is 4.46. The van der Waals surface area contributed by atoms with E-state index in [1.54, 1.807) is 12.1 Å². The summed E-state index contributed by atoms with van der Waals surface area (Å²) in [5, 5.41) is 0.528. The van der Waals surface area contributed by atoms with Gasteiger partial charge in [0.2, 0.25) is 0 Å². The number of rotatable bonds is 2. The molecule has 0 unspecified atom stereocenters. The van der Waals surface area contributed by atoms with Gasteiger partial charge in [0.05, 0.1) is 19.2 Å². The van der Waals surface area contributed by atoms with Crippen LogP contribution in [-0.2, 0) is 0 Å². The van der Waals surface area contributed by atoms with E-state index in [-0.39, 0.29) is 61.6 Å². The van der Waals surface area contributed by atoms with Crippen LogP contribution in [0.1, 0.15) is 19.2 Å². The highest BCUT2D eigenvalue weighted by Gasteiger charge is 2.16. The van der Waals surface area contributed by atoms with Crippen molar-refractivity contribution >= 4 is 43.1 Å². The Kier molecular flexibility index (Phi) is 2.19. The first-order valence-electron chi connectivity index (χ1n) is 17.6. The van der Waals surface area contributed by atoms with E-state index >= 15 is 0 Å². The molecule has 0 heterocycles. The fourth-order valence-corrected chi connectivity index (χ4v) is 4.46. The van der Waals surface area contributed by atoms with Crippen LogP contribution in [0.25, 0.3) is 65.3 Å². The Morgan fingerprint density at radius 1 is 0.412 bits per heavy atom. The Morgan fingerprint density at radius 3 is 1.88 bits per heavy atom. The molecule has 0 atom stereocenters. The Bertz CT molecular complexity index is 2610. The van der Waals surface area contributed by atoms with Gasteiger partial charge in [-0.3, -0.25) is 0 Å². The van der Waals surface area contributed by atoms with Crippen LogP contribution in [0.5, 0.6) is 0 Å². The first kappa shape index (κ1) is 9.83. The Hall–Kier alpha value is -4.42. The summed E-state index contributed by atoms with van der Waals surface area (Å²) in [5.41, 5.74) is -0.0353. The fraction of sp³-hybridized carbons (Fsp3) is 0. The van der Waals surface area contributed by atoms with Crippen LogP contribution >= 0.6 is 0 Å². The Morgan fingerprint density at radius 2 is 1.06 bits per heavy atom. The van der Waals surface area contributed by atoms with E-state index in [1.807, 2.05) is 30.3 Å². The quantitative estimate of drug-likeness (QED) is 0.233. The van der Waals surface area contributed by atoms with E-state index in [2.05, 4.69) is 0 Å². The predicted molar refractivity (Wildman–Crippen MR) is 147 cm³/mol. The van der Waals surface area contributed by atoms with E-state index in [0.29, 0.717) is 5.56 Å². The molecule has 158 valence electrons. The molecule has 7 aromatic carbocycles. The monoisotopic (exact) mass is 444 g/mol. The van der Waals surface area contributed by atoms with E-state index in [1.165, 1.54) is 0 Å². The summed E-state index contributed by atoms with van der Waals surface area (Å²) >= 11 is 0. The van der Waals surface area contributed by atoms with Gasteiger partial charge in [0.25, 0.3) is 0 Å². The van der Waals surface area contributed by atoms with E-state index in [4.69, 9.17) is 17.8 Å². The lowest BCUT2D eigenvalue weighted by molar-refractivity contribution is 1.68. The molecule has 0 aliphatic heterocycles. The van der Waals surface area contributed by atoms with Crippen molar-refractivity contribution in [1.82, 2.24) is 0 Å². The van der Waals surface area contributed by atoms with Crippen LogP contribution in [0.4, 0.5) is 0 Å². The molecule has 34 heavy (non-hydrogen) atoms. The van der Waals surface area contributed by atoms with Gasteiger partial charge in [0.1, 0.15) is 0 Å². The number of benzene rings is 7. The van der Waals surface area contributed by atoms with Gasteiger partial charge < -0.3 is 0 Å². The summed E-state index contributed by atoms with van der Waals surface area (Å²) in [4.78, 5) is 0. The molecule has 7 aromatic rings. The molecule has 7 rings (SSSR count). The lowest BCUT2D eigenvalue weighted by Crippen LogP contribution is -1.91. The molecule has 0 aliphatic rings. The molecular weight excluding hydrogens is 408 g/mol. The summed E-state index contributed by atoms with van der Waals surface area (Å²) < 4.78 is 123. The van der Waals surface area contributed by atoms with Crippen molar-refractivity contribution < 1.29 is 19.2 Å². The van der Waals surface area contributed by atoms with Gasteiger partial charge in [-0.2, -0.15) is 0 Å². The van der Waals surface area contributed by atoms with Gasteiger partial charge in [0.15, 0.2) is 0 Å². The van der Waals surface area contributed by atoms with Crippen LogP contribution in [-0.4, -0.2) is 0 Å². The molecule has 0 nitrogen and oxygen atoms in total.